The summed E-state index contributed by atoms with van der Waals surface area (Å²) in [5, 5.41) is 10.0. The first kappa shape index (κ1) is 15.8. The Hall–Kier alpha value is -2.09. The van der Waals surface area contributed by atoms with Crippen molar-refractivity contribution in [1.29, 1.82) is 0 Å². The molecule has 1 amide bonds. The van der Waals surface area contributed by atoms with Gasteiger partial charge in [0.2, 0.25) is 0 Å². The van der Waals surface area contributed by atoms with Gasteiger partial charge in [0.25, 0.3) is 11.8 Å². The minimum atomic E-state index is -0.418. The van der Waals surface area contributed by atoms with Crippen LogP contribution in [0.4, 0.5) is 6.01 Å². The van der Waals surface area contributed by atoms with Gasteiger partial charge in [-0.15, -0.1) is 16.4 Å². The molecule has 2 heterocycles. The van der Waals surface area contributed by atoms with Crippen LogP contribution in [0.2, 0.25) is 8.67 Å². The number of anilines is 1. The number of rotatable bonds is 5. The van der Waals surface area contributed by atoms with Crippen LogP contribution in [0.5, 0.6) is 5.75 Å². The normalized spacial score (nSPS) is 10.5. The molecule has 0 radical (unpaired) electrons. The molecule has 0 aliphatic heterocycles. The average Bonchev–Trinajstić information content (AvgIpc) is 3.12. The Balaban J connectivity index is 1.60. The van der Waals surface area contributed by atoms with E-state index in [1.165, 1.54) is 11.3 Å². The van der Waals surface area contributed by atoms with E-state index in [1.807, 2.05) is 18.2 Å². The van der Waals surface area contributed by atoms with Crippen molar-refractivity contribution in [3.05, 3.63) is 45.1 Å². The van der Waals surface area contributed by atoms with Gasteiger partial charge in [0.05, 0.1) is 9.90 Å². The average molecular weight is 370 g/mol. The van der Waals surface area contributed by atoms with E-state index in [-0.39, 0.29) is 18.5 Å². The van der Waals surface area contributed by atoms with E-state index in [2.05, 4.69) is 15.5 Å². The number of aromatic nitrogens is 2. The molecule has 23 heavy (non-hydrogen) atoms. The van der Waals surface area contributed by atoms with Crippen LogP contribution >= 0.6 is 34.5 Å². The smallest absolute Gasteiger partial charge is 0.322 e. The van der Waals surface area contributed by atoms with E-state index in [0.717, 1.165) is 0 Å². The fourth-order valence-electron chi connectivity index (χ4n) is 1.69. The van der Waals surface area contributed by atoms with E-state index in [0.29, 0.717) is 20.0 Å². The van der Waals surface area contributed by atoms with Crippen molar-refractivity contribution in [3.8, 4) is 17.2 Å². The van der Waals surface area contributed by atoms with Gasteiger partial charge in [-0.05, 0) is 18.2 Å². The molecular weight excluding hydrogens is 361 g/mol. The Bertz CT molecular complexity index is 820. The zero-order chi connectivity index (χ0) is 16.2. The lowest BCUT2D eigenvalue weighted by Gasteiger charge is -2.04. The maximum Gasteiger partial charge on any atom is 0.322 e. The molecule has 0 saturated carbocycles. The van der Waals surface area contributed by atoms with Crippen LogP contribution in [0.3, 0.4) is 0 Å². The summed E-state index contributed by atoms with van der Waals surface area (Å²) in [7, 11) is 0. The molecule has 0 unspecified atom stereocenters. The summed E-state index contributed by atoms with van der Waals surface area (Å²) in [6.45, 7) is -0.174. The first-order valence-corrected chi connectivity index (χ1v) is 7.95. The second-order valence-corrected chi connectivity index (χ2v) is 6.59. The van der Waals surface area contributed by atoms with E-state index < -0.39 is 5.91 Å². The summed E-state index contributed by atoms with van der Waals surface area (Å²) in [4.78, 5) is 11.8. The highest BCUT2D eigenvalue weighted by molar-refractivity contribution is 7.20. The molecule has 2 aromatic heterocycles. The monoisotopic (exact) mass is 369 g/mol. The highest BCUT2D eigenvalue weighted by Gasteiger charge is 2.16. The first-order valence-electron chi connectivity index (χ1n) is 6.38. The maximum absolute atomic E-state index is 11.8. The molecule has 0 spiro atoms. The van der Waals surface area contributed by atoms with Gasteiger partial charge in [-0.3, -0.25) is 10.1 Å². The van der Waals surface area contributed by atoms with E-state index in [1.54, 1.807) is 18.2 Å². The number of thiophene rings is 1. The number of carbonyl (C=O) groups excluding carboxylic acids is 1. The Labute approximate surface area is 145 Å². The predicted octanol–water partition coefficient (Wildman–Crippen LogP) is 4.12. The number of amides is 1. The van der Waals surface area contributed by atoms with Gasteiger partial charge >= 0.3 is 6.01 Å². The molecule has 0 saturated heterocycles. The number of hydrogen-bond acceptors (Lipinski definition) is 6. The topological polar surface area (TPSA) is 77.2 Å². The van der Waals surface area contributed by atoms with Crippen LogP contribution in [0.25, 0.3) is 11.5 Å². The molecule has 118 valence electrons. The number of nitrogens with zero attached hydrogens (tertiary/aromatic N) is 2. The summed E-state index contributed by atoms with van der Waals surface area (Å²) >= 11 is 13.1. The number of halogens is 2. The number of hydrogen-bond donors (Lipinski definition) is 1. The van der Waals surface area contributed by atoms with Crippen molar-refractivity contribution in [2.24, 2.45) is 0 Å². The summed E-state index contributed by atoms with van der Waals surface area (Å²) in [5.74, 6) is 0.351. The van der Waals surface area contributed by atoms with Gasteiger partial charge in [0, 0.05) is 0 Å². The SMILES string of the molecule is O=C(COc1ccccc1)Nc1nnc(-c2cc(Cl)sc2Cl)o1. The number of carbonyl (C=O) groups is 1. The molecule has 1 aromatic carbocycles. The fraction of sp³-hybridized carbons (Fsp3) is 0.0714. The molecule has 3 aromatic rings. The molecule has 0 bridgehead atoms. The third-order valence-electron chi connectivity index (χ3n) is 2.67. The highest BCUT2D eigenvalue weighted by Crippen LogP contribution is 2.37. The van der Waals surface area contributed by atoms with Crippen LogP contribution in [0.15, 0.2) is 40.8 Å². The Morgan fingerprint density at radius 3 is 2.74 bits per heavy atom. The van der Waals surface area contributed by atoms with Crippen LogP contribution in [0, 0.1) is 0 Å². The second-order valence-electron chi connectivity index (χ2n) is 4.30. The van der Waals surface area contributed by atoms with Gasteiger partial charge in [0.15, 0.2) is 6.61 Å². The lowest BCUT2D eigenvalue weighted by Crippen LogP contribution is -2.20. The van der Waals surface area contributed by atoms with E-state index in [4.69, 9.17) is 32.4 Å². The summed E-state index contributed by atoms with van der Waals surface area (Å²) in [5.41, 5.74) is 0.523. The van der Waals surface area contributed by atoms with Crippen molar-refractivity contribution in [3.63, 3.8) is 0 Å². The van der Waals surface area contributed by atoms with Crippen molar-refractivity contribution in [2.45, 2.75) is 0 Å². The molecule has 0 fully saturated rings. The van der Waals surface area contributed by atoms with E-state index >= 15 is 0 Å². The Morgan fingerprint density at radius 2 is 2.04 bits per heavy atom. The molecule has 9 heteroatoms. The maximum atomic E-state index is 11.8. The summed E-state index contributed by atoms with van der Waals surface area (Å²) in [6, 6.07) is 10.6. The third-order valence-corrected chi connectivity index (χ3v) is 4.16. The summed E-state index contributed by atoms with van der Waals surface area (Å²) < 4.78 is 11.6. The predicted molar refractivity (Wildman–Crippen MR) is 88.2 cm³/mol. The van der Waals surface area contributed by atoms with Crippen molar-refractivity contribution >= 4 is 46.5 Å². The molecular formula is C14H9Cl2N3O3S. The molecule has 0 aliphatic rings. The highest BCUT2D eigenvalue weighted by atomic mass is 35.5. The number of para-hydroxylation sites is 1. The molecule has 0 atom stereocenters. The lowest BCUT2D eigenvalue weighted by molar-refractivity contribution is -0.118. The van der Waals surface area contributed by atoms with Crippen molar-refractivity contribution in [1.82, 2.24) is 10.2 Å². The van der Waals surface area contributed by atoms with Crippen molar-refractivity contribution in [2.75, 3.05) is 11.9 Å². The number of nitrogens with one attached hydrogen (secondary N) is 1. The molecule has 3 rings (SSSR count). The minimum absolute atomic E-state index is 0.0416. The number of benzene rings is 1. The minimum Gasteiger partial charge on any atom is -0.484 e. The Morgan fingerprint density at radius 1 is 1.26 bits per heavy atom. The quantitative estimate of drug-likeness (QED) is 0.731. The van der Waals surface area contributed by atoms with E-state index in [9.17, 15) is 4.79 Å². The Kier molecular flexibility index (Phi) is 4.80. The first-order chi connectivity index (χ1) is 11.1. The van der Waals surface area contributed by atoms with Crippen LogP contribution in [0.1, 0.15) is 0 Å². The van der Waals surface area contributed by atoms with Crippen LogP contribution in [-0.2, 0) is 4.79 Å². The van der Waals surface area contributed by atoms with Gasteiger partial charge in [0.1, 0.15) is 10.1 Å². The molecule has 1 N–H and O–H groups in total. The zero-order valence-corrected chi connectivity index (χ0v) is 13.8. The lowest BCUT2D eigenvalue weighted by atomic mass is 10.3. The number of ether oxygens (including phenoxy) is 1. The zero-order valence-electron chi connectivity index (χ0n) is 11.5. The van der Waals surface area contributed by atoms with Crippen molar-refractivity contribution < 1.29 is 13.9 Å². The largest absolute Gasteiger partial charge is 0.484 e. The van der Waals surface area contributed by atoms with Crippen LogP contribution in [-0.4, -0.2) is 22.7 Å². The standard InChI is InChI=1S/C14H9Cl2N3O3S/c15-10-6-9(12(16)23-10)13-18-19-14(22-13)17-11(20)7-21-8-4-2-1-3-5-8/h1-6H,7H2,(H,17,19,20). The summed E-state index contributed by atoms with van der Waals surface area (Å²) in [6.07, 6.45) is 0. The van der Waals surface area contributed by atoms with Crippen LogP contribution < -0.4 is 10.1 Å². The fourth-order valence-corrected chi connectivity index (χ4v) is 3.14. The van der Waals surface area contributed by atoms with Gasteiger partial charge < -0.3 is 9.15 Å². The molecule has 0 aliphatic carbocycles. The van der Waals surface area contributed by atoms with Gasteiger partial charge in [-0.2, -0.15) is 0 Å². The van der Waals surface area contributed by atoms with Gasteiger partial charge in [-0.1, -0.05) is 46.5 Å². The van der Waals surface area contributed by atoms with Gasteiger partial charge in [-0.25, -0.2) is 0 Å². The third kappa shape index (κ3) is 4.01. The molecule has 6 nitrogen and oxygen atoms in total. The second kappa shape index (κ2) is 6.99.